The summed E-state index contributed by atoms with van der Waals surface area (Å²) in [7, 11) is 0. The summed E-state index contributed by atoms with van der Waals surface area (Å²) in [5.41, 5.74) is -0.656. The van der Waals surface area contributed by atoms with Gasteiger partial charge in [0.2, 0.25) is 5.91 Å². The largest absolute Gasteiger partial charge is 0.478 e. The van der Waals surface area contributed by atoms with E-state index in [1.54, 1.807) is 0 Å². The van der Waals surface area contributed by atoms with Crippen molar-refractivity contribution in [2.45, 2.75) is 32.6 Å². The van der Waals surface area contributed by atoms with Gasteiger partial charge in [0.25, 0.3) is 0 Å². The second-order valence-corrected chi connectivity index (χ2v) is 5.56. The van der Waals surface area contributed by atoms with Crippen LogP contribution < -0.4 is 5.32 Å². The third kappa shape index (κ3) is 3.56. The SMILES string of the molecule is CC1CCC(C(=O)Nc2cc(F)c(F)cc2C(=O)O)CC1. The van der Waals surface area contributed by atoms with Crippen molar-refractivity contribution in [1.29, 1.82) is 0 Å². The van der Waals surface area contributed by atoms with Gasteiger partial charge in [-0.05, 0) is 37.7 Å². The molecule has 0 aliphatic heterocycles. The van der Waals surface area contributed by atoms with Crippen LogP contribution in [0, 0.1) is 23.5 Å². The maximum absolute atomic E-state index is 13.2. The monoisotopic (exact) mass is 297 g/mol. The van der Waals surface area contributed by atoms with E-state index < -0.39 is 23.2 Å². The van der Waals surface area contributed by atoms with E-state index in [0.29, 0.717) is 18.1 Å². The van der Waals surface area contributed by atoms with Gasteiger partial charge in [0.05, 0.1) is 11.3 Å². The molecule has 0 spiro atoms. The van der Waals surface area contributed by atoms with E-state index in [9.17, 15) is 18.4 Å². The zero-order valence-electron chi connectivity index (χ0n) is 11.7. The Bertz CT molecular complexity index is 566. The lowest BCUT2D eigenvalue weighted by molar-refractivity contribution is -0.121. The van der Waals surface area contributed by atoms with Crippen molar-refractivity contribution in [1.82, 2.24) is 0 Å². The average Bonchev–Trinajstić information content (AvgIpc) is 2.43. The van der Waals surface area contributed by atoms with Gasteiger partial charge in [-0.3, -0.25) is 4.79 Å². The highest BCUT2D eigenvalue weighted by molar-refractivity contribution is 6.01. The fourth-order valence-corrected chi connectivity index (χ4v) is 2.58. The highest BCUT2D eigenvalue weighted by atomic mass is 19.2. The van der Waals surface area contributed by atoms with E-state index in [0.717, 1.165) is 25.7 Å². The van der Waals surface area contributed by atoms with Gasteiger partial charge in [-0.2, -0.15) is 0 Å². The Labute approximate surface area is 121 Å². The van der Waals surface area contributed by atoms with E-state index >= 15 is 0 Å². The summed E-state index contributed by atoms with van der Waals surface area (Å²) >= 11 is 0. The van der Waals surface area contributed by atoms with Crippen LogP contribution in [0.2, 0.25) is 0 Å². The van der Waals surface area contributed by atoms with Crippen LogP contribution in [0.3, 0.4) is 0 Å². The van der Waals surface area contributed by atoms with Gasteiger partial charge >= 0.3 is 5.97 Å². The van der Waals surface area contributed by atoms with Gasteiger partial charge in [-0.1, -0.05) is 6.92 Å². The Morgan fingerprint density at radius 2 is 1.71 bits per heavy atom. The highest BCUT2D eigenvalue weighted by Gasteiger charge is 2.26. The van der Waals surface area contributed by atoms with Crippen molar-refractivity contribution >= 4 is 17.6 Å². The van der Waals surface area contributed by atoms with Crippen LogP contribution in [0.1, 0.15) is 43.0 Å². The van der Waals surface area contributed by atoms with E-state index in [-0.39, 0.29) is 17.5 Å². The molecule has 2 rings (SSSR count). The fourth-order valence-electron chi connectivity index (χ4n) is 2.58. The van der Waals surface area contributed by atoms with Crippen LogP contribution in [0.5, 0.6) is 0 Å². The van der Waals surface area contributed by atoms with E-state index in [1.807, 2.05) is 0 Å². The lowest BCUT2D eigenvalue weighted by atomic mass is 9.82. The number of anilines is 1. The van der Waals surface area contributed by atoms with Crippen LogP contribution in [-0.4, -0.2) is 17.0 Å². The Balaban J connectivity index is 2.17. The van der Waals surface area contributed by atoms with Gasteiger partial charge < -0.3 is 10.4 Å². The minimum atomic E-state index is -1.42. The predicted octanol–water partition coefficient (Wildman–Crippen LogP) is 3.43. The summed E-state index contributed by atoms with van der Waals surface area (Å²) in [6.07, 6.45) is 3.31. The summed E-state index contributed by atoms with van der Waals surface area (Å²) in [5, 5.41) is 11.4. The van der Waals surface area contributed by atoms with Crippen LogP contribution in [0.4, 0.5) is 14.5 Å². The molecule has 0 unspecified atom stereocenters. The fraction of sp³-hybridized carbons (Fsp3) is 0.467. The third-order valence-corrected chi connectivity index (χ3v) is 3.94. The van der Waals surface area contributed by atoms with Gasteiger partial charge in [-0.15, -0.1) is 0 Å². The van der Waals surface area contributed by atoms with Crippen molar-refractivity contribution in [3.63, 3.8) is 0 Å². The number of benzene rings is 1. The molecule has 0 bridgehead atoms. The molecule has 0 aromatic heterocycles. The number of aromatic carboxylic acids is 1. The number of hydrogen-bond acceptors (Lipinski definition) is 2. The standard InChI is InChI=1S/C15H17F2NO3/c1-8-2-4-9(5-3-8)14(19)18-13-7-12(17)11(16)6-10(13)15(20)21/h6-9H,2-5H2,1H3,(H,18,19)(H,20,21). The number of carbonyl (C=O) groups excluding carboxylic acids is 1. The van der Waals surface area contributed by atoms with Crippen molar-refractivity contribution in [3.8, 4) is 0 Å². The second-order valence-electron chi connectivity index (χ2n) is 5.56. The molecule has 0 radical (unpaired) electrons. The number of amides is 1. The van der Waals surface area contributed by atoms with Crippen LogP contribution in [0.25, 0.3) is 0 Å². The van der Waals surface area contributed by atoms with E-state index in [2.05, 4.69) is 12.2 Å². The Hall–Kier alpha value is -1.98. The zero-order valence-corrected chi connectivity index (χ0v) is 11.7. The Morgan fingerprint density at radius 1 is 1.14 bits per heavy atom. The lowest BCUT2D eigenvalue weighted by Gasteiger charge is -2.25. The maximum atomic E-state index is 13.2. The van der Waals surface area contributed by atoms with Crippen molar-refractivity contribution in [3.05, 3.63) is 29.3 Å². The lowest BCUT2D eigenvalue weighted by Crippen LogP contribution is -2.27. The van der Waals surface area contributed by atoms with Crippen molar-refractivity contribution in [2.75, 3.05) is 5.32 Å². The summed E-state index contributed by atoms with van der Waals surface area (Å²) < 4.78 is 26.4. The second kappa shape index (κ2) is 6.20. The summed E-state index contributed by atoms with van der Waals surface area (Å²) in [6, 6.07) is 1.29. The Morgan fingerprint density at radius 3 is 2.29 bits per heavy atom. The van der Waals surface area contributed by atoms with Gasteiger partial charge in [0.15, 0.2) is 11.6 Å². The molecule has 6 heteroatoms. The van der Waals surface area contributed by atoms with Gasteiger partial charge in [-0.25, -0.2) is 13.6 Å². The topological polar surface area (TPSA) is 66.4 Å². The first kappa shape index (κ1) is 15.4. The number of nitrogens with one attached hydrogen (secondary N) is 1. The molecule has 1 aliphatic rings. The summed E-state index contributed by atoms with van der Waals surface area (Å²) in [5.74, 6) is -3.83. The molecule has 0 saturated heterocycles. The first-order chi connectivity index (χ1) is 9.88. The molecule has 21 heavy (non-hydrogen) atoms. The number of carboxylic acids is 1. The number of rotatable bonds is 3. The summed E-state index contributed by atoms with van der Waals surface area (Å²) in [6.45, 7) is 2.12. The van der Waals surface area contributed by atoms with Crippen molar-refractivity contribution in [2.24, 2.45) is 11.8 Å². The molecule has 1 fully saturated rings. The van der Waals surface area contributed by atoms with Crippen LogP contribution >= 0.6 is 0 Å². The van der Waals surface area contributed by atoms with Crippen LogP contribution in [0.15, 0.2) is 12.1 Å². The van der Waals surface area contributed by atoms with E-state index in [1.165, 1.54) is 0 Å². The molecule has 0 atom stereocenters. The molecular weight excluding hydrogens is 280 g/mol. The third-order valence-electron chi connectivity index (χ3n) is 3.94. The van der Waals surface area contributed by atoms with Crippen molar-refractivity contribution < 1.29 is 23.5 Å². The van der Waals surface area contributed by atoms with Gasteiger partial charge in [0.1, 0.15) is 0 Å². The first-order valence-electron chi connectivity index (χ1n) is 6.91. The first-order valence-corrected chi connectivity index (χ1v) is 6.91. The highest BCUT2D eigenvalue weighted by Crippen LogP contribution is 2.30. The average molecular weight is 297 g/mol. The molecular formula is C15H17F2NO3. The number of carboxylic acid groups (broad SMARTS) is 1. The molecule has 0 heterocycles. The van der Waals surface area contributed by atoms with E-state index in [4.69, 9.17) is 5.11 Å². The molecule has 114 valence electrons. The van der Waals surface area contributed by atoms with Gasteiger partial charge in [0, 0.05) is 12.0 Å². The minimum absolute atomic E-state index is 0.204. The molecule has 4 nitrogen and oxygen atoms in total. The normalized spacial score (nSPS) is 21.9. The minimum Gasteiger partial charge on any atom is -0.478 e. The summed E-state index contributed by atoms with van der Waals surface area (Å²) in [4.78, 5) is 23.2. The molecule has 1 amide bonds. The number of carbonyl (C=O) groups is 2. The predicted molar refractivity (Wildman–Crippen MR) is 73.1 cm³/mol. The number of halogens is 2. The molecule has 1 saturated carbocycles. The smallest absolute Gasteiger partial charge is 0.337 e. The molecule has 2 N–H and O–H groups in total. The maximum Gasteiger partial charge on any atom is 0.337 e. The number of hydrogen-bond donors (Lipinski definition) is 2. The zero-order chi connectivity index (χ0) is 15.6. The van der Waals surface area contributed by atoms with Crippen LogP contribution in [-0.2, 0) is 4.79 Å². The quantitative estimate of drug-likeness (QED) is 0.898. The molecule has 1 aromatic rings. The molecule has 1 aliphatic carbocycles. The Kier molecular flexibility index (Phi) is 4.55. The molecule has 1 aromatic carbocycles.